The number of rotatable bonds is 8. The maximum absolute atomic E-state index is 12.6. The molecule has 0 aliphatic carbocycles. The summed E-state index contributed by atoms with van der Waals surface area (Å²) in [7, 11) is 4.82. The van der Waals surface area contributed by atoms with Gasteiger partial charge in [0.05, 0.1) is 26.9 Å². The highest BCUT2D eigenvalue weighted by atomic mass is 16.5. The molecule has 5 nitrogen and oxygen atoms in total. The number of amides is 1. The summed E-state index contributed by atoms with van der Waals surface area (Å²) in [4.78, 5) is 12.6. The number of fused-ring (bicyclic) bond motifs is 1. The number of nitrogens with one attached hydrogen (secondary N) is 1. The average Bonchev–Trinajstić information content (AvgIpc) is 2.75. The lowest BCUT2D eigenvalue weighted by molar-refractivity contribution is 0.0950. The first-order chi connectivity index (χ1) is 13.7. The molecule has 3 aromatic carbocycles. The van der Waals surface area contributed by atoms with Gasteiger partial charge in [-0.3, -0.25) is 4.79 Å². The molecule has 0 saturated carbocycles. The van der Waals surface area contributed by atoms with Gasteiger partial charge in [-0.2, -0.15) is 0 Å². The second-order valence-electron chi connectivity index (χ2n) is 6.45. The van der Waals surface area contributed by atoms with E-state index in [-0.39, 0.29) is 5.91 Å². The summed E-state index contributed by atoms with van der Waals surface area (Å²) in [6.07, 6.45) is 1.65. The van der Waals surface area contributed by atoms with Crippen LogP contribution in [0.3, 0.4) is 0 Å². The molecule has 0 saturated heterocycles. The summed E-state index contributed by atoms with van der Waals surface area (Å²) in [6, 6.07) is 17.6. The van der Waals surface area contributed by atoms with Gasteiger partial charge in [-0.05, 0) is 53.4 Å². The fourth-order valence-electron chi connectivity index (χ4n) is 3.19. The zero-order valence-corrected chi connectivity index (χ0v) is 16.5. The van der Waals surface area contributed by atoms with Crippen LogP contribution < -0.4 is 19.5 Å². The van der Waals surface area contributed by atoms with E-state index in [2.05, 4.69) is 5.32 Å². The summed E-state index contributed by atoms with van der Waals surface area (Å²) in [5.41, 5.74) is 1.68. The molecule has 0 fully saturated rings. The van der Waals surface area contributed by atoms with Crippen LogP contribution >= 0.6 is 0 Å². The zero-order valence-electron chi connectivity index (χ0n) is 16.5. The van der Waals surface area contributed by atoms with Crippen molar-refractivity contribution < 1.29 is 19.0 Å². The van der Waals surface area contributed by atoms with Crippen molar-refractivity contribution in [2.75, 3.05) is 27.9 Å². The lowest BCUT2D eigenvalue weighted by Gasteiger charge is -2.12. The minimum Gasteiger partial charge on any atom is -0.496 e. The normalized spacial score (nSPS) is 10.5. The lowest BCUT2D eigenvalue weighted by Crippen LogP contribution is -2.25. The van der Waals surface area contributed by atoms with Crippen molar-refractivity contribution >= 4 is 16.7 Å². The Balaban J connectivity index is 1.61. The van der Waals surface area contributed by atoms with Gasteiger partial charge in [0.25, 0.3) is 5.91 Å². The zero-order chi connectivity index (χ0) is 19.9. The van der Waals surface area contributed by atoms with Crippen LogP contribution in [0.1, 0.15) is 22.3 Å². The van der Waals surface area contributed by atoms with E-state index in [0.29, 0.717) is 29.4 Å². The Morgan fingerprint density at radius 3 is 2.18 bits per heavy atom. The molecule has 3 rings (SSSR count). The van der Waals surface area contributed by atoms with Gasteiger partial charge in [-0.15, -0.1) is 0 Å². The third-order valence-corrected chi connectivity index (χ3v) is 4.69. The van der Waals surface area contributed by atoms with Crippen LogP contribution in [-0.4, -0.2) is 33.8 Å². The smallest absolute Gasteiger partial charge is 0.255 e. The Morgan fingerprint density at radius 1 is 0.821 bits per heavy atom. The number of carbonyl (C=O) groups is 1. The number of ether oxygens (including phenoxy) is 3. The molecule has 0 heterocycles. The van der Waals surface area contributed by atoms with Crippen LogP contribution in [0.25, 0.3) is 10.8 Å². The van der Waals surface area contributed by atoms with Crippen LogP contribution in [0.5, 0.6) is 17.2 Å². The van der Waals surface area contributed by atoms with Gasteiger partial charge in [-0.25, -0.2) is 0 Å². The lowest BCUT2D eigenvalue weighted by atomic mass is 10.0. The standard InChI is InChI=1S/C23H25NO4/c1-26-20-11-10-16(13-22(20)28-3)7-6-12-24-23(25)19-14-17-8-4-5-9-18(17)15-21(19)27-2/h4-5,8-11,13-15H,6-7,12H2,1-3H3,(H,24,25). The molecular weight excluding hydrogens is 354 g/mol. The molecule has 146 valence electrons. The van der Waals surface area contributed by atoms with Crippen molar-refractivity contribution in [3.63, 3.8) is 0 Å². The third kappa shape index (κ3) is 4.36. The summed E-state index contributed by atoms with van der Waals surface area (Å²) < 4.78 is 16.0. The van der Waals surface area contributed by atoms with Crippen molar-refractivity contribution in [2.45, 2.75) is 12.8 Å². The fourth-order valence-corrected chi connectivity index (χ4v) is 3.19. The third-order valence-electron chi connectivity index (χ3n) is 4.69. The highest BCUT2D eigenvalue weighted by molar-refractivity contribution is 6.01. The van der Waals surface area contributed by atoms with Gasteiger partial charge in [0.15, 0.2) is 11.5 Å². The highest BCUT2D eigenvalue weighted by Crippen LogP contribution is 2.28. The molecule has 5 heteroatoms. The van der Waals surface area contributed by atoms with E-state index < -0.39 is 0 Å². The van der Waals surface area contributed by atoms with Gasteiger partial charge < -0.3 is 19.5 Å². The maximum Gasteiger partial charge on any atom is 0.255 e. The number of hydrogen-bond acceptors (Lipinski definition) is 4. The predicted molar refractivity (Wildman–Crippen MR) is 111 cm³/mol. The van der Waals surface area contributed by atoms with E-state index in [1.807, 2.05) is 54.6 Å². The van der Waals surface area contributed by atoms with E-state index in [1.54, 1.807) is 21.3 Å². The van der Waals surface area contributed by atoms with Crippen LogP contribution in [0.15, 0.2) is 54.6 Å². The van der Waals surface area contributed by atoms with Crippen molar-refractivity contribution in [3.05, 3.63) is 65.7 Å². The Kier molecular flexibility index (Phi) is 6.37. The highest BCUT2D eigenvalue weighted by Gasteiger charge is 2.13. The second kappa shape index (κ2) is 9.13. The topological polar surface area (TPSA) is 56.8 Å². The molecule has 3 aromatic rings. The van der Waals surface area contributed by atoms with Crippen LogP contribution in [-0.2, 0) is 6.42 Å². The molecule has 0 aliphatic rings. The molecule has 0 aliphatic heterocycles. The molecule has 28 heavy (non-hydrogen) atoms. The van der Waals surface area contributed by atoms with Gasteiger partial charge in [0.2, 0.25) is 0 Å². The Labute approximate surface area is 165 Å². The maximum atomic E-state index is 12.6. The fraction of sp³-hybridized carbons (Fsp3) is 0.261. The van der Waals surface area contributed by atoms with Gasteiger partial charge >= 0.3 is 0 Å². The molecule has 0 radical (unpaired) electrons. The monoisotopic (exact) mass is 379 g/mol. The first-order valence-corrected chi connectivity index (χ1v) is 9.22. The number of methoxy groups -OCH3 is 3. The molecule has 0 spiro atoms. The van der Waals surface area contributed by atoms with Gasteiger partial charge in [-0.1, -0.05) is 30.3 Å². The minimum absolute atomic E-state index is 0.130. The van der Waals surface area contributed by atoms with E-state index in [9.17, 15) is 4.79 Å². The number of aryl methyl sites for hydroxylation is 1. The van der Waals surface area contributed by atoms with E-state index in [0.717, 1.165) is 29.2 Å². The van der Waals surface area contributed by atoms with Crippen molar-refractivity contribution in [2.24, 2.45) is 0 Å². The largest absolute Gasteiger partial charge is 0.496 e. The molecular formula is C23H25NO4. The van der Waals surface area contributed by atoms with Gasteiger partial charge in [0.1, 0.15) is 5.75 Å². The van der Waals surface area contributed by atoms with Crippen molar-refractivity contribution in [3.8, 4) is 17.2 Å². The summed E-state index contributed by atoms with van der Waals surface area (Å²) in [6.45, 7) is 0.573. The quantitative estimate of drug-likeness (QED) is 0.595. The van der Waals surface area contributed by atoms with E-state index in [4.69, 9.17) is 14.2 Å². The van der Waals surface area contributed by atoms with Crippen LogP contribution in [0.2, 0.25) is 0 Å². The average molecular weight is 379 g/mol. The van der Waals surface area contributed by atoms with Crippen molar-refractivity contribution in [1.82, 2.24) is 5.32 Å². The number of hydrogen-bond donors (Lipinski definition) is 1. The summed E-state index contributed by atoms with van der Waals surface area (Å²) in [5, 5.41) is 5.04. The predicted octanol–water partition coefficient (Wildman–Crippen LogP) is 4.23. The molecule has 0 bridgehead atoms. The second-order valence-corrected chi connectivity index (χ2v) is 6.45. The van der Waals surface area contributed by atoms with Crippen LogP contribution in [0.4, 0.5) is 0 Å². The summed E-state index contributed by atoms with van der Waals surface area (Å²) >= 11 is 0. The SMILES string of the molecule is COc1ccc(CCCNC(=O)c2cc3ccccc3cc2OC)cc1OC. The Bertz CT molecular complexity index is 968. The first kappa shape index (κ1) is 19.5. The minimum atomic E-state index is -0.130. The molecule has 0 unspecified atom stereocenters. The molecule has 0 aromatic heterocycles. The number of carbonyl (C=O) groups excluding carboxylic acids is 1. The van der Waals surface area contributed by atoms with Crippen molar-refractivity contribution in [1.29, 1.82) is 0 Å². The molecule has 1 amide bonds. The Hall–Kier alpha value is -3.21. The van der Waals surface area contributed by atoms with Gasteiger partial charge in [0, 0.05) is 6.54 Å². The molecule has 1 N–H and O–H groups in total. The Morgan fingerprint density at radius 2 is 1.50 bits per heavy atom. The summed E-state index contributed by atoms with van der Waals surface area (Å²) in [5.74, 6) is 1.87. The number of benzene rings is 3. The van der Waals surface area contributed by atoms with E-state index in [1.165, 1.54) is 0 Å². The van der Waals surface area contributed by atoms with Crippen LogP contribution in [0, 0.1) is 0 Å². The molecule has 0 atom stereocenters. The first-order valence-electron chi connectivity index (χ1n) is 9.22. The van der Waals surface area contributed by atoms with E-state index >= 15 is 0 Å².